The third-order valence-electron chi connectivity index (χ3n) is 4.80. The van der Waals surface area contributed by atoms with Crippen molar-refractivity contribution in [3.8, 4) is 0 Å². The molecule has 0 amide bonds. The van der Waals surface area contributed by atoms with Crippen molar-refractivity contribution in [2.75, 3.05) is 0 Å². The molecule has 0 unspecified atom stereocenters. The molecular formula is C24H26. The maximum Gasteiger partial charge on any atom is -0.00228 e. The van der Waals surface area contributed by atoms with Crippen molar-refractivity contribution in [2.24, 2.45) is 0 Å². The fourth-order valence-corrected chi connectivity index (χ4v) is 3.40. The molecule has 0 spiro atoms. The lowest BCUT2D eigenvalue weighted by molar-refractivity contribution is 1.09. The second-order valence-electron chi connectivity index (χ2n) is 7.03. The molecule has 0 nitrogen and oxygen atoms in total. The highest BCUT2D eigenvalue weighted by molar-refractivity contribution is 5.42. The summed E-state index contributed by atoms with van der Waals surface area (Å²) in [4.78, 5) is 0. The van der Waals surface area contributed by atoms with Crippen molar-refractivity contribution < 1.29 is 0 Å². The molecule has 0 aromatic heterocycles. The predicted octanol–water partition coefficient (Wildman–Crippen LogP) is 6.10. The van der Waals surface area contributed by atoms with Crippen LogP contribution in [0.15, 0.2) is 60.7 Å². The summed E-state index contributed by atoms with van der Waals surface area (Å²) in [6.45, 7) is 8.80. The van der Waals surface area contributed by atoms with Crippen LogP contribution >= 0.6 is 0 Å². The van der Waals surface area contributed by atoms with E-state index in [1.54, 1.807) is 0 Å². The fraction of sp³-hybridized carbons (Fsp3) is 0.250. The molecule has 3 aromatic rings. The van der Waals surface area contributed by atoms with Gasteiger partial charge in [0.25, 0.3) is 0 Å². The topological polar surface area (TPSA) is 0 Å². The van der Waals surface area contributed by atoms with Crippen LogP contribution in [0.5, 0.6) is 0 Å². The van der Waals surface area contributed by atoms with Crippen molar-refractivity contribution in [1.82, 2.24) is 0 Å². The molecule has 0 heteroatoms. The van der Waals surface area contributed by atoms with Crippen LogP contribution in [0, 0.1) is 27.7 Å². The zero-order valence-electron chi connectivity index (χ0n) is 15.2. The van der Waals surface area contributed by atoms with Crippen LogP contribution < -0.4 is 0 Å². The highest BCUT2D eigenvalue weighted by atomic mass is 14.1. The molecule has 122 valence electrons. The lowest BCUT2D eigenvalue weighted by atomic mass is 9.92. The van der Waals surface area contributed by atoms with E-state index in [0.29, 0.717) is 0 Å². The molecule has 3 aromatic carbocycles. The number of rotatable bonds is 4. The number of benzene rings is 3. The van der Waals surface area contributed by atoms with E-state index in [0.717, 1.165) is 12.8 Å². The largest absolute Gasteiger partial charge is 0.0617 e. The molecule has 3 rings (SSSR count). The smallest absolute Gasteiger partial charge is 0.00228 e. The Balaban J connectivity index is 1.91. The zero-order chi connectivity index (χ0) is 17.1. The quantitative estimate of drug-likeness (QED) is 0.545. The van der Waals surface area contributed by atoms with Crippen LogP contribution in [0.25, 0.3) is 0 Å². The van der Waals surface area contributed by atoms with E-state index >= 15 is 0 Å². The maximum atomic E-state index is 2.40. The van der Waals surface area contributed by atoms with Gasteiger partial charge >= 0.3 is 0 Å². The van der Waals surface area contributed by atoms with Crippen molar-refractivity contribution in [3.63, 3.8) is 0 Å². The molecule has 0 aliphatic heterocycles. The second kappa shape index (κ2) is 7.05. The Labute approximate surface area is 146 Å². The Morgan fingerprint density at radius 2 is 1.17 bits per heavy atom. The molecule has 0 aliphatic rings. The Hall–Kier alpha value is -2.34. The Morgan fingerprint density at radius 1 is 0.583 bits per heavy atom. The summed E-state index contributed by atoms with van der Waals surface area (Å²) < 4.78 is 0. The summed E-state index contributed by atoms with van der Waals surface area (Å²) in [5.74, 6) is 0. The van der Waals surface area contributed by atoms with E-state index in [1.807, 2.05) is 0 Å². The number of hydrogen-bond acceptors (Lipinski definition) is 0. The van der Waals surface area contributed by atoms with Crippen LogP contribution in [0.2, 0.25) is 0 Å². The summed E-state index contributed by atoms with van der Waals surface area (Å²) >= 11 is 0. The average molecular weight is 314 g/mol. The van der Waals surface area contributed by atoms with Crippen molar-refractivity contribution in [3.05, 3.63) is 105 Å². The van der Waals surface area contributed by atoms with Gasteiger partial charge in [0.15, 0.2) is 0 Å². The SMILES string of the molecule is Cc1cccc(Cc2cc(C)c(C)c(Cc3cccc(C)c3)c2)c1. The summed E-state index contributed by atoms with van der Waals surface area (Å²) in [5.41, 5.74) is 11.1. The van der Waals surface area contributed by atoms with Crippen molar-refractivity contribution in [1.29, 1.82) is 0 Å². The first-order valence-corrected chi connectivity index (χ1v) is 8.71. The minimum absolute atomic E-state index is 1.00. The maximum absolute atomic E-state index is 2.40. The Morgan fingerprint density at radius 3 is 1.75 bits per heavy atom. The third kappa shape index (κ3) is 3.94. The molecule has 24 heavy (non-hydrogen) atoms. The highest BCUT2D eigenvalue weighted by Gasteiger charge is 2.07. The molecule has 0 saturated carbocycles. The van der Waals surface area contributed by atoms with Gasteiger partial charge in [0.05, 0.1) is 0 Å². The number of aryl methyl sites for hydroxylation is 3. The highest BCUT2D eigenvalue weighted by Crippen LogP contribution is 2.22. The van der Waals surface area contributed by atoms with Gasteiger partial charge in [-0.25, -0.2) is 0 Å². The van der Waals surface area contributed by atoms with Crippen LogP contribution in [0.1, 0.15) is 44.5 Å². The normalized spacial score (nSPS) is 10.8. The molecule has 0 radical (unpaired) electrons. The van der Waals surface area contributed by atoms with E-state index in [-0.39, 0.29) is 0 Å². The molecule has 0 saturated heterocycles. The first-order chi connectivity index (χ1) is 11.5. The molecule has 0 bridgehead atoms. The Bertz CT molecular complexity index is 856. The Kier molecular flexibility index (Phi) is 4.85. The van der Waals surface area contributed by atoms with Gasteiger partial charge in [-0.15, -0.1) is 0 Å². The summed E-state index contributed by atoms with van der Waals surface area (Å²) in [6, 6.07) is 22.4. The van der Waals surface area contributed by atoms with Crippen molar-refractivity contribution in [2.45, 2.75) is 40.5 Å². The second-order valence-corrected chi connectivity index (χ2v) is 7.03. The molecule has 0 aliphatic carbocycles. The van der Waals surface area contributed by atoms with E-state index in [2.05, 4.69) is 88.4 Å². The molecule has 0 N–H and O–H groups in total. The van der Waals surface area contributed by atoms with E-state index in [1.165, 1.54) is 44.5 Å². The summed E-state index contributed by atoms with van der Waals surface area (Å²) in [6.07, 6.45) is 2.01. The third-order valence-corrected chi connectivity index (χ3v) is 4.80. The fourth-order valence-electron chi connectivity index (χ4n) is 3.40. The van der Waals surface area contributed by atoms with E-state index in [9.17, 15) is 0 Å². The van der Waals surface area contributed by atoms with Gasteiger partial charge in [0, 0.05) is 0 Å². The molecule has 0 fully saturated rings. The minimum Gasteiger partial charge on any atom is -0.0617 e. The van der Waals surface area contributed by atoms with Crippen LogP contribution in [0.4, 0.5) is 0 Å². The average Bonchev–Trinajstić information content (AvgIpc) is 2.52. The lowest BCUT2D eigenvalue weighted by Crippen LogP contribution is -1.99. The van der Waals surface area contributed by atoms with Gasteiger partial charge < -0.3 is 0 Å². The zero-order valence-corrected chi connectivity index (χ0v) is 15.2. The number of hydrogen-bond donors (Lipinski definition) is 0. The van der Waals surface area contributed by atoms with Crippen molar-refractivity contribution >= 4 is 0 Å². The first-order valence-electron chi connectivity index (χ1n) is 8.71. The standard InChI is InChI=1S/C24H26/c1-17-7-5-9-21(11-17)14-23-13-19(3)20(4)24(16-23)15-22-10-6-8-18(2)12-22/h5-13,16H,14-15H2,1-4H3. The minimum atomic E-state index is 1.00. The summed E-state index contributed by atoms with van der Waals surface area (Å²) in [7, 11) is 0. The van der Waals surface area contributed by atoms with Crippen LogP contribution in [0.3, 0.4) is 0 Å². The van der Waals surface area contributed by atoms with Gasteiger partial charge in [-0.3, -0.25) is 0 Å². The van der Waals surface area contributed by atoms with Crippen LogP contribution in [-0.4, -0.2) is 0 Å². The van der Waals surface area contributed by atoms with Gasteiger partial charge in [0.2, 0.25) is 0 Å². The van der Waals surface area contributed by atoms with Gasteiger partial charge in [-0.05, 0) is 73.9 Å². The van der Waals surface area contributed by atoms with E-state index < -0.39 is 0 Å². The van der Waals surface area contributed by atoms with Gasteiger partial charge in [0.1, 0.15) is 0 Å². The van der Waals surface area contributed by atoms with E-state index in [4.69, 9.17) is 0 Å². The molecule has 0 heterocycles. The summed E-state index contributed by atoms with van der Waals surface area (Å²) in [5, 5.41) is 0. The molecule has 0 atom stereocenters. The molecular weight excluding hydrogens is 288 g/mol. The first kappa shape index (κ1) is 16.5. The van der Waals surface area contributed by atoms with Crippen LogP contribution in [-0.2, 0) is 12.8 Å². The monoisotopic (exact) mass is 314 g/mol. The van der Waals surface area contributed by atoms with Gasteiger partial charge in [-0.1, -0.05) is 71.8 Å². The predicted molar refractivity (Wildman–Crippen MR) is 104 cm³/mol. The lowest BCUT2D eigenvalue weighted by Gasteiger charge is -2.13. The van der Waals surface area contributed by atoms with Gasteiger partial charge in [-0.2, -0.15) is 0 Å².